The largest absolute Gasteiger partial charge is 0.309 e. The molecule has 0 bridgehead atoms. The van der Waals surface area contributed by atoms with Gasteiger partial charge in [0.25, 0.3) is 0 Å². The summed E-state index contributed by atoms with van der Waals surface area (Å²) in [7, 11) is 0. The fourth-order valence-corrected chi connectivity index (χ4v) is 5.70. The van der Waals surface area contributed by atoms with Crippen LogP contribution in [-0.2, 0) is 0 Å². The number of rotatable bonds is 3. The summed E-state index contributed by atoms with van der Waals surface area (Å²) in [6.07, 6.45) is 1.61. The average molecular weight is 488 g/mol. The Labute approximate surface area is 218 Å². The highest BCUT2D eigenvalue weighted by atomic mass is 15.2. The molecule has 0 saturated carbocycles. The van der Waals surface area contributed by atoms with Gasteiger partial charge in [0.1, 0.15) is 6.33 Å². The molecule has 0 aliphatic carbocycles. The van der Waals surface area contributed by atoms with Gasteiger partial charge >= 0.3 is 0 Å². The summed E-state index contributed by atoms with van der Waals surface area (Å²) in [5.41, 5.74) is 6.42. The van der Waals surface area contributed by atoms with Gasteiger partial charge in [0.2, 0.25) is 5.95 Å². The van der Waals surface area contributed by atoms with Crippen LogP contribution in [0.15, 0.2) is 128 Å². The third-order valence-electron chi connectivity index (χ3n) is 7.31. The Kier molecular flexibility index (Phi) is 4.45. The molecule has 3 aromatic heterocycles. The lowest BCUT2D eigenvalue weighted by molar-refractivity contribution is 0.945. The second kappa shape index (κ2) is 8.11. The lowest BCUT2D eigenvalue weighted by Gasteiger charge is -2.13. The maximum atomic E-state index is 5.04. The van der Waals surface area contributed by atoms with Crippen LogP contribution in [-0.4, -0.2) is 24.1 Å². The van der Waals surface area contributed by atoms with Gasteiger partial charge in [0.05, 0.1) is 27.8 Å². The number of hydrogen-bond donors (Lipinski definition) is 0. The summed E-state index contributed by atoms with van der Waals surface area (Å²) in [4.78, 5) is 14.3. The summed E-state index contributed by atoms with van der Waals surface area (Å²) < 4.78 is 4.43. The van der Waals surface area contributed by atoms with Crippen molar-refractivity contribution in [3.05, 3.63) is 128 Å². The molecule has 5 aromatic carbocycles. The SMILES string of the molecule is c1ccc(-n2c3ccccc3c3ccccc32)c(-c2ncnc(-n3c4ccccc4c4ccccc43)n2)c1. The smallest absolute Gasteiger partial charge is 0.238 e. The van der Waals surface area contributed by atoms with Gasteiger partial charge in [-0.3, -0.25) is 4.57 Å². The molecule has 5 heteroatoms. The molecule has 0 spiro atoms. The first-order valence-corrected chi connectivity index (χ1v) is 12.6. The van der Waals surface area contributed by atoms with E-state index >= 15 is 0 Å². The third-order valence-corrected chi connectivity index (χ3v) is 7.31. The molecule has 8 aromatic rings. The van der Waals surface area contributed by atoms with E-state index in [0.717, 1.165) is 33.3 Å². The van der Waals surface area contributed by atoms with Crippen molar-refractivity contribution in [3.8, 4) is 23.0 Å². The van der Waals surface area contributed by atoms with E-state index in [2.05, 4.69) is 134 Å². The summed E-state index contributed by atoms with van der Waals surface area (Å²) in [5.74, 6) is 1.23. The molecule has 0 fully saturated rings. The maximum Gasteiger partial charge on any atom is 0.238 e. The van der Waals surface area contributed by atoms with Gasteiger partial charge in [-0.05, 0) is 36.4 Å². The van der Waals surface area contributed by atoms with Crippen LogP contribution in [0, 0.1) is 0 Å². The molecule has 38 heavy (non-hydrogen) atoms. The van der Waals surface area contributed by atoms with Crippen LogP contribution in [0.25, 0.3) is 66.6 Å². The topological polar surface area (TPSA) is 48.5 Å². The van der Waals surface area contributed by atoms with Crippen molar-refractivity contribution < 1.29 is 0 Å². The molecule has 0 aliphatic rings. The minimum Gasteiger partial charge on any atom is -0.309 e. The van der Waals surface area contributed by atoms with E-state index < -0.39 is 0 Å². The van der Waals surface area contributed by atoms with E-state index in [9.17, 15) is 0 Å². The predicted octanol–water partition coefficient (Wildman–Crippen LogP) is 7.73. The zero-order chi connectivity index (χ0) is 25.1. The molecule has 0 amide bonds. The second-order valence-corrected chi connectivity index (χ2v) is 9.37. The molecule has 0 aliphatic heterocycles. The van der Waals surface area contributed by atoms with E-state index in [1.165, 1.54) is 21.5 Å². The Hall–Kier alpha value is -5.29. The second-order valence-electron chi connectivity index (χ2n) is 9.37. The summed E-state index contributed by atoms with van der Waals surface area (Å²) in [5, 5.41) is 4.80. The first kappa shape index (κ1) is 20.9. The zero-order valence-corrected chi connectivity index (χ0v) is 20.4. The summed E-state index contributed by atoms with van der Waals surface area (Å²) in [6.45, 7) is 0. The zero-order valence-electron chi connectivity index (χ0n) is 20.4. The average Bonchev–Trinajstić information content (AvgIpc) is 3.50. The van der Waals surface area contributed by atoms with Crippen molar-refractivity contribution in [2.24, 2.45) is 0 Å². The van der Waals surface area contributed by atoms with Gasteiger partial charge in [-0.15, -0.1) is 0 Å². The molecular weight excluding hydrogens is 466 g/mol. The standard InChI is InChI=1S/C33H21N5/c1-6-16-27-22(11-1)23-12-2-7-17-28(23)37(27)31-20-10-5-15-26(31)32-34-21-35-33(36-32)38-29-18-8-3-13-24(29)25-14-4-9-19-30(25)38/h1-21H. The number of benzene rings is 5. The van der Waals surface area contributed by atoms with Crippen molar-refractivity contribution in [1.82, 2.24) is 24.1 Å². The summed E-state index contributed by atoms with van der Waals surface area (Å²) in [6, 6.07) is 42.2. The van der Waals surface area contributed by atoms with Crippen LogP contribution in [0.4, 0.5) is 0 Å². The number of hydrogen-bond acceptors (Lipinski definition) is 3. The molecule has 0 atom stereocenters. The Morgan fingerprint density at radius 1 is 0.421 bits per heavy atom. The lowest BCUT2D eigenvalue weighted by atomic mass is 10.1. The van der Waals surface area contributed by atoms with Crippen molar-refractivity contribution in [3.63, 3.8) is 0 Å². The summed E-state index contributed by atoms with van der Waals surface area (Å²) >= 11 is 0. The Balaban J connectivity index is 1.39. The molecule has 0 unspecified atom stereocenters. The predicted molar refractivity (Wildman–Crippen MR) is 154 cm³/mol. The van der Waals surface area contributed by atoms with Crippen LogP contribution in [0.3, 0.4) is 0 Å². The molecule has 8 rings (SSSR count). The van der Waals surface area contributed by atoms with Crippen molar-refractivity contribution >= 4 is 43.6 Å². The minimum absolute atomic E-state index is 0.601. The van der Waals surface area contributed by atoms with Gasteiger partial charge in [-0.1, -0.05) is 84.9 Å². The molecule has 0 saturated heterocycles. The van der Waals surface area contributed by atoms with Crippen LogP contribution < -0.4 is 0 Å². The number of para-hydroxylation sites is 5. The minimum atomic E-state index is 0.601. The molecule has 0 radical (unpaired) electrons. The molecule has 5 nitrogen and oxygen atoms in total. The highest BCUT2D eigenvalue weighted by Gasteiger charge is 2.18. The fraction of sp³-hybridized carbons (Fsp3) is 0. The first-order chi connectivity index (χ1) is 18.9. The van der Waals surface area contributed by atoms with Crippen molar-refractivity contribution in [2.45, 2.75) is 0 Å². The molecule has 178 valence electrons. The number of aromatic nitrogens is 5. The van der Waals surface area contributed by atoms with Crippen molar-refractivity contribution in [1.29, 1.82) is 0 Å². The van der Waals surface area contributed by atoms with Gasteiger partial charge < -0.3 is 4.57 Å². The highest BCUT2D eigenvalue weighted by Crippen LogP contribution is 2.36. The lowest BCUT2D eigenvalue weighted by Crippen LogP contribution is -2.05. The van der Waals surface area contributed by atoms with Gasteiger partial charge in [-0.25, -0.2) is 9.97 Å². The third kappa shape index (κ3) is 2.96. The monoisotopic (exact) mass is 487 g/mol. The quantitative estimate of drug-likeness (QED) is 0.256. The first-order valence-electron chi connectivity index (χ1n) is 12.6. The van der Waals surface area contributed by atoms with Gasteiger partial charge in [-0.2, -0.15) is 4.98 Å². The van der Waals surface area contributed by atoms with Crippen molar-refractivity contribution in [2.75, 3.05) is 0 Å². The molecular formula is C33H21N5. The fourth-order valence-electron chi connectivity index (χ4n) is 5.70. The van der Waals surface area contributed by atoms with Gasteiger partial charge in [0, 0.05) is 27.1 Å². The van der Waals surface area contributed by atoms with Crippen LogP contribution in [0.1, 0.15) is 0 Å². The van der Waals surface area contributed by atoms with Crippen LogP contribution in [0.2, 0.25) is 0 Å². The Morgan fingerprint density at radius 2 is 0.868 bits per heavy atom. The van der Waals surface area contributed by atoms with E-state index in [0.29, 0.717) is 11.8 Å². The van der Waals surface area contributed by atoms with E-state index in [-0.39, 0.29) is 0 Å². The Morgan fingerprint density at radius 3 is 1.42 bits per heavy atom. The van der Waals surface area contributed by atoms with Gasteiger partial charge in [0.15, 0.2) is 5.82 Å². The van der Waals surface area contributed by atoms with Crippen LogP contribution in [0.5, 0.6) is 0 Å². The molecule has 0 N–H and O–H groups in total. The molecule has 3 heterocycles. The van der Waals surface area contributed by atoms with E-state index in [1.807, 2.05) is 6.07 Å². The number of nitrogens with zero attached hydrogens (tertiary/aromatic N) is 5. The number of fused-ring (bicyclic) bond motifs is 6. The highest BCUT2D eigenvalue weighted by molar-refractivity contribution is 6.10. The van der Waals surface area contributed by atoms with E-state index in [1.54, 1.807) is 6.33 Å². The maximum absolute atomic E-state index is 5.04. The normalized spacial score (nSPS) is 11.7. The van der Waals surface area contributed by atoms with E-state index in [4.69, 9.17) is 4.98 Å². The van der Waals surface area contributed by atoms with Crippen LogP contribution >= 0.6 is 0 Å². The Bertz CT molecular complexity index is 2040.